The van der Waals surface area contributed by atoms with E-state index in [1.54, 1.807) is 36.5 Å². The quantitative estimate of drug-likeness (QED) is 0.475. The maximum Gasteiger partial charge on any atom is 0.261 e. The lowest BCUT2D eigenvalue weighted by molar-refractivity contribution is 0.102. The number of carbonyl (C=O) groups excluding carboxylic acids is 1. The predicted octanol–water partition coefficient (Wildman–Crippen LogP) is 5.17. The van der Waals surface area contributed by atoms with Gasteiger partial charge < -0.3 is 9.88 Å². The van der Waals surface area contributed by atoms with Crippen LogP contribution in [0.2, 0.25) is 5.02 Å². The van der Waals surface area contributed by atoms with Crippen molar-refractivity contribution in [3.63, 3.8) is 0 Å². The van der Waals surface area contributed by atoms with Crippen LogP contribution >= 0.6 is 11.6 Å². The molecule has 0 spiro atoms. The summed E-state index contributed by atoms with van der Waals surface area (Å²) in [5.41, 5.74) is 3.05. The van der Waals surface area contributed by atoms with Crippen molar-refractivity contribution in [1.29, 1.82) is 0 Å². The maximum atomic E-state index is 13.3. The van der Waals surface area contributed by atoms with E-state index in [0.29, 0.717) is 28.5 Å². The molecule has 0 aliphatic heterocycles. The van der Waals surface area contributed by atoms with E-state index in [2.05, 4.69) is 10.3 Å². The monoisotopic (exact) mass is 429 g/mol. The van der Waals surface area contributed by atoms with E-state index in [4.69, 9.17) is 11.6 Å². The van der Waals surface area contributed by atoms with Crippen molar-refractivity contribution in [2.75, 3.05) is 5.32 Å². The summed E-state index contributed by atoms with van der Waals surface area (Å²) in [5, 5.41) is 3.35. The third-order valence-electron chi connectivity index (χ3n) is 4.92. The summed E-state index contributed by atoms with van der Waals surface area (Å²) in [4.78, 5) is 30.7. The van der Waals surface area contributed by atoms with Crippen LogP contribution in [0.4, 0.5) is 5.69 Å². The summed E-state index contributed by atoms with van der Waals surface area (Å²) in [6.45, 7) is 2.25. The molecule has 0 bridgehead atoms. The first-order valence-electron chi connectivity index (χ1n) is 9.79. The highest BCUT2D eigenvalue weighted by Gasteiger charge is 2.22. The number of benzene rings is 2. The molecular formula is C25H20ClN3O2. The van der Waals surface area contributed by atoms with E-state index in [9.17, 15) is 9.59 Å². The van der Waals surface area contributed by atoms with Crippen molar-refractivity contribution in [2.24, 2.45) is 0 Å². The van der Waals surface area contributed by atoms with E-state index in [-0.39, 0.29) is 11.0 Å². The van der Waals surface area contributed by atoms with Gasteiger partial charge in [-0.25, -0.2) is 0 Å². The summed E-state index contributed by atoms with van der Waals surface area (Å²) < 4.78 is 1.93. The highest BCUT2D eigenvalue weighted by Crippen LogP contribution is 2.27. The molecule has 2 heterocycles. The molecule has 0 aliphatic carbocycles. The maximum absolute atomic E-state index is 13.3. The largest absolute Gasteiger partial charge is 0.338 e. The fourth-order valence-electron chi connectivity index (χ4n) is 3.50. The number of aromatic nitrogens is 2. The fourth-order valence-corrected chi connectivity index (χ4v) is 3.69. The van der Waals surface area contributed by atoms with Crippen LogP contribution in [-0.2, 0) is 6.54 Å². The Kier molecular flexibility index (Phi) is 5.96. The highest BCUT2D eigenvalue weighted by atomic mass is 35.5. The third-order valence-corrected chi connectivity index (χ3v) is 5.16. The van der Waals surface area contributed by atoms with Gasteiger partial charge in [-0.15, -0.1) is 0 Å². The first kappa shape index (κ1) is 20.6. The van der Waals surface area contributed by atoms with Crippen molar-refractivity contribution in [2.45, 2.75) is 13.5 Å². The highest BCUT2D eigenvalue weighted by molar-refractivity contribution is 6.30. The third kappa shape index (κ3) is 4.57. The number of para-hydroxylation sites is 1. The molecule has 1 amide bonds. The van der Waals surface area contributed by atoms with Crippen LogP contribution in [0.15, 0.2) is 89.9 Å². The minimum atomic E-state index is -0.471. The van der Waals surface area contributed by atoms with Gasteiger partial charge in [0.05, 0.1) is 17.9 Å². The van der Waals surface area contributed by atoms with Gasteiger partial charge in [0.25, 0.3) is 5.91 Å². The molecule has 5 nitrogen and oxygen atoms in total. The molecule has 0 atom stereocenters. The normalized spacial score (nSPS) is 10.6. The lowest BCUT2D eigenvalue weighted by Crippen LogP contribution is -2.27. The number of anilines is 1. The average Bonchev–Trinajstić information content (AvgIpc) is 2.76. The summed E-state index contributed by atoms with van der Waals surface area (Å²) >= 11 is 6.25. The van der Waals surface area contributed by atoms with Gasteiger partial charge in [0.15, 0.2) is 5.43 Å². The number of halogens is 1. The molecule has 0 fully saturated rings. The van der Waals surface area contributed by atoms with E-state index < -0.39 is 5.91 Å². The van der Waals surface area contributed by atoms with Crippen LogP contribution in [0.3, 0.4) is 0 Å². The van der Waals surface area contributed by atoms with Crippen LogP contribution in [0, 0.1) is 6.92 Å². The van der Waals surface area contributed by atoms with Gasteiger partial charge in [0.2, 0.25) is 0 Å². The summed E-state index contributed by atoms with van der Waals surface area (Å²) in [6, 6.07) is 23.3. The number of nitrogens with one attached hydrogen (secondary N) is 1. The molecule has 1 N–H and O–H groups in total. The number of carbonyl (C=O) groups is 1. The number of rotatable bonds is 5. The molecule has 0 aliphatic rings. The Morgan fingerprint density at radius 3 is 2.48 bits per heavy atom. The van der Waals surface area contributed by atoms with Gasteiger partial charge in [0, 0.05) is 34.2 Å². The fraction of sp³-hybridized carbons (Fsp3) is 0.0800. The summed E-state index contributed by atoms with van der Waals surface area (Å²) in [5.74, 6) is -0.471. The van der Waals surface area contributed by atoms with E-state index in [1.807, 2.05) is 54.0 Å². The van der Waals surface area contributed by atoms with Gasteiger partial charge in [-0.3, -0.25) is 14.6 Å². The van der Waals surface area contributed by atoms with Crippen molar-refractivity contribution in [1.82, 2.24) is 9.55 Å². The molecule has 154 valence electrons. The number of aryl methyl sites for hydroxylation is 1. The lowest BCUT2D eigenvalue weighted by atomic mass is 10.0. The van der Waals surface area contributed by atoms with Crippen LogP contribution in [0.25, 0.3) is 11.3 Å². The second-order valence-electron chi connectivity index (χ2n) is 7.11. The minimum absolute atomic E-state index is 0.0626. The molecule has 2 aromatic carbocycles. The molecular weight excluding hydrogens is 410 g/mol. The van der Waals surface area contributed by atoms with Crippen molar-refractivity contribution >= 4 is 23.2 Å². The topological polar surface area (TPSA) is 64.0 Å². The second-order valence-corrected chi connectivity index (χ2v) is 7.55. The van der Waals surface area contributed by atoms with Crippen molar-refractivity contribution < 1.29 is 4.79 Å². The van der Waals surface area contributed by atoms with Crippen molar-refractivity contribution in [3.05, 3.63) is 117 Å². The number of amides is 1. The Labute approximate surface area is 185 Å². The van der Waals surface area contributed by atoms with E-state index >= 15 is 0 Å². The molecule has 31 heavy (non-hydrogen) atoms. The smallest absolute Gasteiger partial charge is 0.261 e. The first-order valence-corrected chi connectivity index (χ1v) is 10.2. The van der Waals surface area contributed by atoms with Gasteiger partial charge in [-0.1, -0.05) is 48.0 Å². The second kappa shape index (κ2) is 8.98. The molecule has 0 unspecified atom stereocenters. The Morgan fingerprint density at radius 2 is 1.77 bits per heavy atom. The lowest BCUT2D eigenvalue weighted by Gasteiger charge is -2.20. The Bertz CT molecular complexity index is 1290. The number of pyridine rings is 2. The van der Waals surface area contributed by atoms with Gasteiger partial charge in [-0.2, -0.15) is 0 Å². The Hall–Kier alpha value is -3.70. The predicted molar refractivity (Wildman–Crippen MR) is 124 cm³/mol. The van der Waals surface area contributed by atoms with Gasteiger partial charge in [0.1, 0.15) is 5.56 Å². The summed E-state index contributed by atoms with van der Waals surface area (Å²) in [6.07, 6.45) is 1.72. The zero-order valence-corrected chi connectivity index (χ0v) is 17.6. The van der Waals surface area contributed by atoms with Crippen LogP contribution in [0.1, 0.15) is 21.7 Å². The number of nitrogens with zero attached hydrogens (tertiary/aromatic N) is 2. The number of hydrogen-bond acceptors (Lipinski definition) is 3. The van der Waals surface area contributed by atoms with Crippen LogP contribution < -0.4 is 10.7 Å². The standard InChI is InChI=1S/C25H20ClN3O2/c1-17-14-22(30)23(25(31)28-20-10-3-2-4-11-20)24(18-8-7-9-19(26)15-18)29(17)16-21-12-5-6-13-27-21/h2-15H,16H2,1H3,(H,28,31). The van der Waals surface area contributed by atoms with Crippen LogP contribution in [-0.4, -0.2) is 15.5 Å². The average molecular weight is 430 g/mol. The van der Waals surface area contributed by atoms with E-state index in [0.717, 1.165) is 11.4 Å². The molecule has 2 aromatic heterocycles. The summed E-state index contributed by atoms with van der Waals surface area (Å²) in [7, 11) is 0. The first-order chi connectivity index (χ1) is 15.0. The van der Waals surface area contributed by atoms with Crippen molar-refractivity contribution in [3.8, 4) is 11.3 Å². The molecule has 0 radical (unpaired) electrons. The Balaban J connectivity index is 1.92. The minimum Gasteiger partial charge on any atom is -0.338 e. The molecule has 6 heteroatoms. The SMILES string of the molecule is Cc1cc(=O)c(C(=O)Nc2ccccc2)c(-c2cccc(Cl)c2)n1Cc1ccccn1. The van der Waals surface area contributed by atoms with Gasteiger partial charge in [-0.05, 0) is 43.3 Å². The molecule has 0 saturated carbocycles. The number of hydrogen-bond donors (Lipinski definition) is 1. The zero-order valence-electron chi connectivity index (χ0n) is 16.9. The molecule has 4 aromatic rings. The zero-order chi connectivity index (χ0) is 21.8. The van der Waals surface area contributed by atoms with Crippen LogP contribution in [0.5, 0.6) is 0 Å². The Morgan fingerprint density at radius 1 is 1.00 bits per heavy atom. The molecule has 4 rings (SSSR count). The molecule has 0 saturated heterocycles. The van der Waals surface area contributed by atoms with Gasteiger partial charge >= 0.3 is 0 Å². The van der Waals surface area contributed by atoms with E-state index in [1.165, 1.54) is 6.07 Å².